The molecular formula is C15H21N5O4. The maximum atomic E-state index is 12.1. The molecule has 1 aromatic carbocycles. The number of hydrogen-bond acceptors (Lipinski definition) is 5. The van der Waals surface area contributed by atoms with Gasteiger partial charge >= 0.3 is 11.7 Å². The molecule has 0 bridgehead atoms. The Morgan fingerprint density at radius 1 is 1.29 bits per heavy atom. The Labute approximate surface area is 138 Å². The average molecular weight is 335 g/mol. The molecule has 2 heterocycles. The third-order valence-corrected chi connectivity index (χ3v) is 3.90. The highest BCUT2D eigenvalue weighted by Crippen LogP contribution is 2.28. The number of carbonyl (C=O) groups excluding carboxylic acids is 1. The van der Waals surface area contributed by atoms with Gasteiger partial charge in [0.2, 0.25) is 0 Å². The van der Waals surface area contributed by atoms with E-state index >= 15 is 0 Å². The van der Waals surface area contributed by atoms with Crippen LogP contribution >= 0.6 is 0 Å². The number of amides is 2. The van der Waals surface area contributed by atoms with E-state index in [0.717, 1.165) is 32.8 Å². The summed E-state index contributed by atoms with van der Waals surface area (Å²) in [5, 5.41) is 5.56. The molecule has 9 heteroatoms. The van der Waals surface area contributed by atoms with E-state index in [0.29, 0.717) is 29.0 Å². The fraction of sp³-hybridized carbons (Fsp3) is 0.467. The van der Waals surface area contributed by atoms with Crippen LogP contribution in [0.3, 0.4) is 0 Å². The van der Waals surface area contributed by atoms with Gasteiger partial charge in [-0.15, -0.1) is 0 Å². The number of fused-ring (bicyclic) bond motifs is 1. The number of anilines is 1. The van der Waals surface area contributed by atoms with Gasteiger partial charge in [-0.05, 0) is 6.07 Å². The van der Waals surface area contributed by atoms with Crippen LogP contribution in [0, 0.1) is 0 Å². The number of rotatable bonds is 5. The molecule has 1 aliphatic heterocycles. The lowest BCUT2D eigenvalue weighted by Gasteiger charge is -2.26. The number of H-pyrrole nitrogens is 2. The molecule has 1 fully saturated rings. The van der Waals surface area contributed by atoms with Gasteiger partial charge in [-0.1, -0.05) is 0 Å². The predicted octanol–water partition coefficient (Wildman–Crippen LogP) is 0.319. The Morgan fingerprint density at radius 3 is 2.71 bits per heavy atom. The minimum atomic E-state index is -0.321. The van der Waals surface area contributed by atoms with E-state index in [2.05, 4.69) is 25.5 Å². The SMILES string of the molecule is COc1cc2[nH]c(=O)[nH]c2cc1NC(=O)NCCN1CCOCC1. The molecule has 2 aromatic rings. The van der Waals surface area contributed by atoms with Crippen molar-refractivity contribution in [1.82, 2.24) is 20.2 Å². The summed E-state index contributed by atoms with van der Waals surface area (Å²) in [5.74, 6) is 0.473. The van der Waals surface area contributed by atoms with Crippen molar-refractivity contribution in [3.8, 4) is 5.75 Å². The van der Waals surface area contributed by atoms with Crippen LogP contribution in [0.4, 0.5) is 10.5 Å². The van der Waals surface area contributed by atoms with E-state index in [1.54, 1.807) is 12.1 Å². The lowest BCUT2D eigenvalue weighted by Crippen LogP contribution is -2.42. The van der Waals surface area contributed by atoms with Gasteiger partial charge in [0, 0.05) is 32.2 Å². The smallest absolute Gasteiger partial charge is 0.323 e. The van der Waals surface area contributed by atoms with Gasteiger partial charge in [-0.25, -0.2) is 9.59 Å². The molecule has 1 aliphatic rings. The van der Waals surface area contributed by atoms with Gasteiger partial charge in [0.05, 0.1) is 37.0 Å². The first-order valence-corrected chi connectivity index (χ1v) is 7.80. The number of methoxy groups -OCH3 is 1. The maximum Gasteiger partial charge on any atom is 0.323 e. The van der Waals surface area contributed by atoms with E-state index in [-0.39, 0.29) is 11.7 Å². The monoisotopic (exact) mass is 335 g/mol. The first-order chi connectivity index (χ1) is 11.7. The minimum absolute atomic E-state index is 0.306. The van der Waals surface area contributed by atoms with Crippen LogP contribution in [0.5, 0.6) is 5.75 Å². The van der Waals surface area contributed by atoms with Gasteiger partial charge < -0.3 is 30.1 Å². The lowest BCUT2D eigenvalue weighted by molar-refractivity contribution is 0.0388. The molecule has 0 saturated carbocycles. The Hall–Kier alpha value is -2.52. The molecule has 24 heavy (non-hydrogen) atoms. The Morgan fingerprint density at radius 2 is 2.00 bits per heavy atom. The van der Waals surface area contributed by atoms with E-state index in [4.69, 9.17) is 9.47 Å². The van der Waals surface area contributed by atoms with E-state index in [1.165, 1.54) is 7.11 Å². The van der Waals surface area contributed by atoms with E-state index in [9.17, 15) is 9.59 Å². The fourth-order valence-electron chi connectivity index (χ4n) is 2.65. The van der Waals surface area contributed by atoms with Crippen LogP contribution in [-0.4, -0.2) is 67.4 Å². The Kier molecular flexibility index (Phi) is 5.02. The zero-order valence-corrected chi connectivity index (χ0v) is 13.5. The lowest BCUT2D eigenvalue weighted by atomic mass is 10.2. The minimum Gasteiger partial charge on any atom is -0.494 e. The van der Waals surface area contributed by atoms with E-state index in [1.807, 2.05) is 0 Å². The largest absolute Gasteiger partial charge is 0.494 e. The van der Waals surface area contributed by atoms with Crippen molar-refractivity contribution in [3.05, 3.63) is 22.6 Å². The highest BCUT2D eigenvalue weighted by molar-refractivity contribution is 5.94. The highest BCUT2D eigenvalue weighted by atomic mass is 16.5. The summed E-state index contributed by atoms with van der Waals surface area (Å²) in [7, 11) is 1.51. The topological polar surface area (TPSA) is 111 Å². The van der Waals surface area contributed by atoms with Crippen molar-refractivity contribution in [1.29, 1.82) is 0 Å². The fourth-order valence-corrected chi connectivity index (χ4v) is 2.65. The summed E-state index contributed by atoms with van der Waals surface area (Å²) < 4.78 is 10.5. The number of morpholine rings is 1. The van der Waals surface area contributed by atoms with Crippen LogP contribution in [0.15, 0.2) is 16.9 Å². The van der Waals surface area contributed by atoms with Crippen molar-refractivity contribution in [2.75, 3.05) is 51.8 Å². The molecule has 3 rings (SSSR count). The molecule has 0 spiro atoms. The molecule has 0 atom stereocenters. The number of ether oxygens (including phenoxy) is 2. The number of urea groups is 1. The number of aromatic nitrogens is 2. The summed E-state index contributed by atoms with van der Waals surface area (Å²) in [4.78, 5) is 31.0. The van der Waals surface area contributed by atoms with Gasteiger partial charge in [-0.2, -0.15) is 0 Å². The third kappa shape index (κ3) is 3.87. The van der Waals surface area contributed by atoms with Crippen LogP contribution in [0.2, 0.25) is 0 Å². The third-order valence-electron chi connectivity index (χ3n) is 3.90. The number of imidazole rings is 1. The van der Waals surface area contributed by atoms with Crippen LogP contribution < -0.4 is 21.1 Å². The van der Waals surface area contributed by atoms with Crippen LogP contribution in [-0.2, 0) is 4.74 Å². The highest BCUT2D eigenvalue weighted by Gasteiger charge is 2.12. The quantitative estimate of drug-likeness (QED) is 0.629. The molecule has 4 N–H and O–H groups in total. The second kappa shape index (κ2) is 7.37. The summed E-state index contributed by atoms with van der Waals surface area (Å²) in [5.41, 5.74) is 1.41. The summed E-state index contributed by atoms with van der Waals surface area (Å²) in [6.07, 6.45) is 0. The zero-order chi connectivity index (χ0) is 16.9. The molecule has 2 amide bonds. The van der Waals surface area contributed by atoms with Crippen molar-refractivity contribution >= 4 is 22.8 Å². The first kappa shape index (κ1) is 16.3. The number of hydrogen-bond donors (Lipinski definition) is 4. The average Bonchev–Trinajstić information content (AvgIpc) is 2.94. The summed E-state index contributed by atoms with van der Waals surface area (Å²) in [6, 6.07) is 3.00. The number of aromatic amines is 2. The molecule has 1 aromatic heterocycles. The van der Waals surface area contributed by atoms with Crippen molar-refractivity contribution in [2.24, 2.45) is 0 Å². The number of nitrogens with one attached hydrogen (secondary N) is 4. The Bertz CT molecular complexity index is 763. The van der Waals surface area contributed by atoms with Gasteiger partial charge in [-0.3, -0.25) is 4.90 Å². The second-order valence-corrected chi connectivity index (χ2v) is 5.51. The standard InChI is InChI=1S/C15H21N5O4/c1-23-13-9-11-10(17-15(22)18-11)8-12(13)19-14(21)16-2-3-20-4-6-24-7-5-20/h8-9H,2-7H2,1H3,(H2,16,19,21)(H2,17,18,22). The molecule has 9 nitrogen and oxygen atoms in total. The molecule has 1 saturated heterocycles. The summed E-state index contributed by atoms with van der Waals surface area (Å²) in [6.45, 7) is 4.55. The molecule has 0 aliphatic carbocycles. The zero-order valence-electron chi connectivity index (χ0n) is 13.5. The van der Waals surface area contributed by atoms with Crippen LogP contribution in [0.25, 0.3) is 11.0 Å². The number of carbonyl (C=O) groups is 1. The number of benzene rings is 1. The predicted molar refractivity (Wildman–Crippen MR) is 89.8 cm³/mol. The van der Waals surface area contributed by atoms with Crippen molar-refractivity contribution < 1.29 is 14.3 Å². The van der Waals surface area contributed by atoms with Crippen molar-refractivity contribution in [2.45, 2.75) is 0 Å². The van der Waals surface area contributed by atoms with Gasteiger partial charge in [0.1, 0.15) is 5.75 Å². The molecule has 130 valence electrons. The van der Waals surface area contributed by atoms with Crippen molar-refractivity contribution in [3.63, 3.8) is 0 Å². The van der Waals surface area contributed by atoms with E-state index < -0.39 is 0 Å². The van der Waals surface area contributed by atoms with Crippen LogP contribution in [0.1, 0.15) is 0 Å². The van der Waals surface area contributed by atoms with Gasteiger partial charge in [0.25, 0.3) is 0 Å². The first-order valence-electron chi connectivity index (χ1n) is 7.80. The normalized spacial score (nSPS) is 15.4. The molecule has 0 radical (unpaired) electrons. The maximum absolute atomic E-state index is 12.1. The Balaban J connectivity index is 1.58. The van der Waals surface area contributed by atoms with Gasteiger partial charge in [0.15, 0.2) is 0 Å². The molecule has 0 unspecified atom stereocenters. The summed E-state index contributed by atoms with van der Waals surface area (Å²) >= 11 is 0. The second-order valence-electron chi connectivity index (χ2n) is 5.51. The number of nitrogens with zero attached hydrogens (tertiary/aromatic N) is 1. The molecular weight excluding hydrogens is 314 g/mol.